The third kappa shape index (κ3) is 3.56. The summed E-state index contributed by atoms with van der Waals surface area (Å²) in [5.74, 6) is -0.230. The second-order valence-electron chi connectivity index (χ2n) is 4.97. The van der Waals surface area contributed by atoms with Gasteiger partial charge >= 0.3 is 5.69 Å². The second-order valence-corrected chi connectivity index (χ2v) is 4.97. The van der Waals surface area contributed by atoms with E-state index in [1.807, 2.05) is 31.2 Å². The number of aromatic nitrogens is 2. The Labute approximate surface area is 123 Å². The fourth-order valence-electron chi connectivity index (χ4n) is 2.25. The summed E-state index contributed by atoms with van der Waals surface area (Å²) in [5.41, 5.74) is 2.84. The molecule has 0 saturated carbocycles. The van der Waals surface area contributed by atoms with E-state index in [1.54, 1.807) is 19.9 Å². The van der Waals surface area contributed by atoms with Gasteiger partial charge in [0.15, 0.2) is 0 Å². The summed E-state index contributed by atoms with van der Waals surface area (Å²) < 4.78 is 1.37. The van der Waals surface area contributed by atoms with Gasteiger partial charge in [0.1, 0.15) is 6.54 Å². The lowest BCUT2D eigenvalue weighted by atomic mass is 10.1. The maximum atomic E-state index is 12.1. The normalized spacial score (nSPS) is 10.4. The van der Waals surface area contributed by atoms with Crippen LogP contribution >= 0.6 is 0 Å². The van der Waals surface area contributed by atoms with Crippen LogP contribution in [0.25, 0.3) is 0 Å². The molecule has 1 aromatic carbocycles. The van der Waals surface area contributed by atoms with Crippen molar-refractivity contribution in [2.45, 2.75) is 33.7 Å². The number of aryl methyl sites for hydroxylation is 3. The molecule has 5 nitrogen and oxygen atoms in total. The number of rotatable bonds is 4. The fraction of sp³-hybridized carbons (Fsp3) is 0.312. The van der Waals surface area contributed by atoms with E-state index in [-0.39, 0.29) is 12.5 Å². The van der Waals surface area contributed by atoms with Crippen LogP contribution in [0, 0.1) is 13.8 Å². The number of para-hydroxylation sites is 1. The maximum Gasteiger partial charge on any atom is 0.348 e. The molecule has 1 heterocycles. The van der Waals surface area contributed by atoms with Crippen molar-refractivity contribution in [3.8, 4) is 0 Å². The van der Waals surface area contributed by atoms with Crippen LogP contribution in [0.4, 0.5) is 5.69 Å². The number of hydrogen-bond acceptors (Lipinski definition) is 3. The first kappa shape index (κ1) is 15.0. The Hall–Kier alpha value is -2.43. The topological polar surface area (TPSA) is 64.0 Å². The Balaban J connectivity index is 2.18. The van der Waals surface area contributed by atoms with Crippen LogP contribution in [0.2, 0.25) is 0 Å². The minimum atomic E-state index is -0.397. The van der Waals surface area contributed by atoms with Gasteiger partial charge in [0.2, 0.25) is 5.91 Å². The van der Waals surface area contributed by atoms with Crippen molar-refractivity contribution in [1.29, 1.82) is 0 Å². The highest BCUT2D eigenvalue weighted by molar-refractivity contribution is 5.91. The lowest BCUT2D eigenvalue weighted by Gasteiger charge is -2.12. The predicted octanol–water partition coefficient (Wildman–Crippen LogP) is 2.06. The molecular formula is C16H19N3O2. The van der Waals surface area contributed by atoms with Gasteiger partial charge in [0, 0.05) is 17.1 Å². The van der Waals surface area contributed by atoms with Crippen molar-refractivity contribution in [2.75, 3.05) is 5.32 Å². The third-order valence-electron chi connectivity index (χ3n) is 3.32. The molecule has 21 heavy (non-hydrogen) atoms. The summed E-state index contributed by atoms with van der Waals surface area (Å²) in [5, 5.41) is 2.85. The van der Waals surface area contributed by atoms with Gasteiger partial charge in [-0.1, -0.05) is 25.1 Å². The van der Waals surface area contributed by atoms with Crippen LogP contribution < -0.4 is 11.0 Å². The van der Waals surface area contributed by atoms with Crippen LogP contribution in [0.3, 0.4) is 0 Å². The van der Waals surface area contributed by atoms with Crippen LogP contribution in [0.5, 0.6) is 0 Å². The molecule has 110 valence electrons. The zero-order valence-electron chi connectivity index (χ0n) is 12.5. The fourth-order valence-corrected chi connectivity index (χ4v) is 2.25. The lowest BCUT2D eigenvalue weighted by Crippen LogP contribution is -2.31. The number of anilines is 1. The van der Waals surface area contributed by atoms with Crippen LogP contribution in [-0.2, 0) is 17.8 Å². The van der Waals surface area contributed by atoms with Gasteiger partial charge in [-0.3, -0.25) is 9.36 Å². The number of carbonyl (C=O) groups excluding carboxylic acids is 1. The Morgan fingerprint density at radius 1 is 1.29 bits per heavy atom. The Bertz CT molecular complexity index is 720. The molecule has 0 radical (unpaired) electrons. The molecule has 5 heteroatoms. The number of benzene rings is 1. The first-order valence-corrected chi connectivity index (χ1v) is 6.94. The summed E-state index contributed by atoms with van der Waals surface area (Å²) in [7, 11) is 0. The molecule has 0 aliphatic heterocycles. The number of hydrogen-bond donors (Lipinski definition) is 1. The number of nitrogens with one attached hydrogen (secondary N) is 1. The maximum absolute atomic E-state index is 12.1. The van der Waals surface area contributed by atoms with Crippen molar-refractivity contribution in [2.24, 2.45) is 0 Å². The standard InChI is InChI=1S/C16H19N3O2/c1-4-13-7-5-6-8-14(13)18-15(20)10-19-12(3)9-11(2)17-16(19)21/h5-9H,4,10H2,1-3H3,(H,18,20). The molecule has 0 fully saturated rings. The Kier molecular flexibility index (Phi) is 4.52. The van der Waals surface area contributed by atoms with Crippen molar-refractivity contribution < 1.29 is 4.79 Å². The first-order valence-electron chi connectivity index (χ1n) is 6.94. The molecule has 0 aliphatic carbocycles. The molecule has 1 amide bonds. The number of nitrogens with zero attached hydrogens (tertiary/aromatic N) is 2. The van der Waals surface area contributed by atoms with E-state index in [0.29, 0.717) is 5.69 Å². The molecular weight excluding hydrogens is 266 g/mol. The van der Waals surface area contributed by atoms with Crippen LogP contribution in [0.15, 0.2) is 35.1 Å². The summed E-state index contributed by atoms with van der Waals surface area (Å²) in [6, 6.07) is 9.43. The summed E-state index contributed by atoms with van der Waals surface area (Å²) >= 11 is 0. The monoisotopic (exact) mass is 285 g/mol. The van der Waals surface area contributed by atoms with Gasteiger partial charge in [0.05, 0.1) is 0 Å². The minimum Gasteiger partial charge on any atom is -0.324 e. The minimum absolute atomic E-state index is 0.0318. The Morgan fingerprint density at radius 3 is 2.67 bits per heavy atom. The smallest absolute Gasteiger partial charge is 0.324 e. The first-order chi connectivity index (χ1) is 10.0. The van der Waals surface area contributed by atoms with Gasteiger partial charge in [-0.2, -0.15) is 4.98 Å². The predicted molar refractivity (Wildman–Crippen MR) is 82.4 cm³/mol. The zero-order chi connectivity index (χ0) is 15.4. The molecule has 0 bridgehead atoms. The van der Waals surface area contributed by atoms with E-state index in [2.05, 4.69) is 10.3 Å². The van der Waals surface area contributed by atoms with E-state index in [0.717, 1.165) is 23.4 Å². The van der Waals surface area contributed by atoms with E-state index in [9.17, 15) is 9.59 Å². The zero-order valence-corrected chi connectivity index (χ0v) is 12.5. The average Bonchev–Trinajstić information content (AvgIpc) is 2.43. The molecule has 0 unspecified atom stereocenters. The average molecular weight is 285 g/mol. The van der Waals surface area contributed by atoms with E-state index in [1.165, 1.54) is 4.57 Å². The number of amides is 1. The van der Waals surface area contributed by atoms with Gasteiger partial charge in [-0.25, -0.2) is 4.79 Å². The molecule has 0 saturated heterocycles. The van der Waals surface area contributed by atoms with Crippen molar-refractivity contribution in [3.05, 3.63) is 57.8 Å². The summed E-state index contributed by atoms with van der Waals surface area (Å²) in [6.45, 7) is 5.55. The molecule has 0 aliphatic rings. The van der Waals surface area contributed by atoms with E-state index in [4.69, 9.17) is 0 Å². The molecule has 2 rings (SSSR count). The molecule has 1 N–H and O–H groups in total. The molecule has 2 aromatic rings. The highest BCUT2D eigenvalue weighted by Crippen LogP contribution is 2.15. The third-order valence-corrected chi connectivity index (χ3v) is 3.32. The number of carbonyl (C=O) groups is 1. The van der Waals surface area contributed by atoms with E-state index < -0.39 is 5.69 Å². The van der Waals surface area contributed by atoms with Gasteiger partial charge in [-0.05, 0) is 38.0 Å². The van der Waals surface area contributed by atoms with Crippen LogP contribution in [-0.4, -0.2) is 15.5 Å². The second kappa shape index (κ2) is 6.35. The van der Waals surface area contributed by atoms with Crippen molar-refractivity contribution in [1.82, 2.24) is 9.55 Å². The SMILES string of the molecule is CCc1ccccc1NC(=O)Cn1c(C)cc(C)nc1=O. The summed E-state index contributed by atoms with van der Waals surface area (Å²) in [4.78, 5) is 27.8. The van der Waals surface area contributed by atoms with Gasteiger partial charge in [-0.15, -0.1) is 0 Å². The molecule has 1 aromatic heterocycles. The molecule has 0 spiro atoms. The van der Waals surface area contributed by atoms with E-state index >= 15 is 0 Å². The Morgan fingerprint density at radius 2 is 2.00 bits per heavy atom. The molecule has 0 atom stereocenters. The summed E-state index contributed by atoms with van der Waals surface area (Å²) in [6.07, 6.45) is 0.835. The van der Waals surface area contributed by atoms with Crippen molar-refractivity contribution in [3.63, 3.8) is 0 Å². The largest absolute Gasteiger partial charge is 0.348 e. The lowest BCUT2D eigenvalue weighted by molar-refractivity contribution is -0.116. The van der Waals surface area contributed by atoms with Crippen molar-refractivity contribution >= 4 is 11.6 Å². The van der Waals surface area contributed by atoms with Gasteiger partial charge in [0.25, 0.3) is 0 Å². The van der Waals surface area contributed by atoms with Gasteiger partial charge < -0.3 is 5.32 Å². The highest BCUT2D eigenvalue weighted by Gasteiger charge is 2.10. The van der Waals surface area contributed by atoms with Crippen LogP contribution in [0.1, 0.15) is 23.9 Å². The highest BCUT2D eigenvalue weighted by atomic mass is 16.2. The quantitative estimate of drug-likeness (QED) is 0.935.